The van der Waals surface area contributed by atoms with E-state index in [4.69, 9.17) is 50.2 Å². The normalized spacial score (nSPS) is 14.4. The van der Waals surface area contributed by atoms with Crippen molar-refractivity contribution < 1.29 is 67.3 Å². The van der Waals surface area contributed by atoms with E-state index in [0.29, 0.717) is 88.7 Å². The fraction of sp³-hybridized carbons (Fsp3) is 0.580. The average molecular weight is 1240 g/mol. The summed E-state index contributed by atoms with van der Waals surface area (Å²) in [7, 11) is 0. The predicted molar refractivity (Wildman–Crippen MR) is 350 cm³/mol. The van der Waals surface area contributed by atoms with E-state index in [1.165, 1.54) is 66.2 Å². The van der Waals surface area contributed by atoms with Crippen LogP contribution < -0.4 is 10.6 Å². The Bertz CT molecular complexity index is 2660. The Morgan fingerprint density at radius 1 is 0.483 bits per heavy atom. The van der Waals surface area contributed by atoms with Gasteiger partial charge in [-0.15, -0.1) is 0 Å². The number of nitrogens with one attached hydrogen (secondary N) is 2. The number of nitrogens with zero attached hydrogens (tertiary/aromatic N) is 1. The fourth-order valence-electron chi connectivity index (χ4n) is 9.49. The molecule has 4 aromatic carbocycles. The van der Waals surface area contributed by atoms with Crippen molar-refractivity contribution in [1.82, 2.24) is 4.90 Å². The summed E-state index contributed by atoms with van der Waals surface area (Å²) in [4.78, 5) is 61.0. The lowest BCUT2D eigenvalue weighted by Gasteiger charge is -2.42. The number of aliphatic hydroxyl groups is 1. The quantitative estimate of drug-likeness (QED) is 0.0236. The minimum absolute atomic E-state index is 0. The molecule has 0 heterocycles. The minimum Gasteiger partial charge on any atom is -0.478 e. The van der Waals surface area contributed by atoms with Crippen LogP contribution in [-0.2, 0) is 54.8 Å². The number of fused-ring (bicyclic) bond motifs is 2. The Hall–Kier alpha value is -5.76. The second-order valence-electron chi connectivity index (χ2n) is 23.9. The number of carboxylic acid groups (broad SMARTS) is 1. The van der Waals surface area contributed by atoms with E-state index >= 15 is 0 Å². The number of aromatic carboxylic acids is 1. The van der Waals surface area contributed by atoms with E-state index in [-0.39, 0.29) is 73.7 Å². The van der Waals surface area contributed by atoms with E-state index in [1.807, 2.05) is 26.0 Å². The third-order valence-electron chi connectivity index (χ3n) is 15.1. The van der Waals surface area contributed by atoms with Crippen LogP contribution in [0.3, 0.4) is 0 Å². The van der Waals surface area contributed by atoms with E-state index in [0.717, 1.165) is 37.1 Å². The highest BCUT2D eigenvalue weighted by molar-refractivity contribution is 6.61. The van der Waals surface area contributed by atoms with Crippen molar-refractivity contribution in [3.05, 3.63) is 129 Å². The number of amides is 2. The van der Waals surface area contributed by atoms with Gasteiger partial charge in [-0.3, -0.25) is 9.59 Å². The summed E-state index contributed by atoms with van der Waals surface area (Å²) in [6.07, 6.45) is 4.49. The number of carbonyl (C=O) groups is 5. The Labute approximate surface area is 525 Å². The van der Waals surface area contributed by atoms with Gasteiger partial charge in [-0.25, -0.2) is 14.4 Å². The topological polar surface area (TPSA) is 218 Å². The molecule has 0 spiro atoms. The van der Waals surface area contributed by atoms with Gasteiger partial charge in [0.05, 0.1) is 90.4 Å². The number of carboxylic acids is 1. The molecule has 0 radical (unpaired) electrons. The number of rotatable bonds is 28. The predicted octanol–water partition coefficient (Wildman–Crippen LogP) is 14.1. The van der Waals surface area contributed by atoms with Crippen molar-refractivity contribution in [2.75, 3.05) is 116 Å². The van der Waals surface area contributed by atoms with Crippen LogP contribution in [0, 0.1) is 5.92 Å². The summed E-state index contributed by atoms with van der Waals surface area (Å²) in [6, 6.07) is 24.7. The summed E-state index contributed by atoms with van der Waals surface area (Å²) in [5.74, 6) is -1.59. The molecule has 4 N–H and O–H groups in total. The molecular formula is C69H106ClN3O14. The van der Waals surface area contributed by atoms with Gasteiger partial charge in [0.15, 0.2) is 0 Å². The number of hydrogen-bond donors (Lipinski definition) is 4. The Kier molecular flexibility index (Phi) is 36.4. The van der Waals surface area contributed by atoms with Crippen LogP contribution in [0.15, 0.2) is 84.9 Å². The largest absolute Gasteiger partial charge is 0.478 e. The number of halogens is 1. The van der Waals surface area contributed by atoms with Crippen molar-refractivity contribution in [1.29, 1.82) is 0 Å². The van der Waals surface area contributed by atoms with Gasteiger partial charge in [0, 0.05) is 34.1 Å². The first kappa shape index (κ1) is 79.3. The third-order valence-corrected chi connectivity index (χ3v) is 15.2. The fourth-order valence-corrected chi connectivity index (χ4v) is 9.55. The lowest BCUT2D eigenvalue weighted by atomic mass is 9.63. The summed E-state index contributed by atoms with van der Waals surface area (Å²) >= 11 is 4.86. The molecule has 87 heavy (non-hydrogen) atoms. The molecule has 2 aliphatic rings. The molecule has 0 bridgehead atoms. The van der Waals surface area contributed by atoms with Crippen molar-refractivity contribution in [3.63, 3.8) is 0 Å². The lowest BCUT2D eigenvalue weighted by Crippen LogP contribution is -2.33. The first-order valence-corrected chi connectivity index (χ1v) is 30.2. The second-order valence-corrected chi connectivity index (χ2v) is 24.2. The van der Waals surface area contributed by atoms with Crippen molar-refractivity contribution >= 4 is 52.2 Å². The zero-order valence-corrected chi connectivity index (χ0v) is 53.7. The molecule has 2 amide bonds. The lowest BCUT2D eigenvalue weighted by molar-refractivity contribution is -0.0167. The van der Waals surface area contributed by atoms with E-state index in [1.54, 1.807) is 24.3 Å². The monoisotopic (exact) mass is 1240 g/mol. The highest BCUT2D eigenvalue weighted by Crippen LogP contribution is 2.48. The molecule has 0 atom stereocenters. The molecule has 488 valence electrons. The zero-order chi connectivity index (χ0) is 63.2. The average Bonchev–Trinajstić information content (AvgIpc) is 0.909. The highest BCUT2D eigenvalue weighted by atomic mass is 35.5. The molecule has 2 aliphatic carbocycles. The van der Waals surface area contributed by atoms with Crippen LogP contribution in [0.4, 0.5) is 16.2 Å². The van der Waals surface area contributed by atoms with Crippen molar-refractivity contribution in [2.45, 2.75) is 152 Å². The number of ether oxygens (including phenoxy) is 7. The Morgan fingerprint density at radius 3 is 1.10 bits per heavy atom. The molecule has 4 aromatic rings. The maximum absolute atomic E-state index is 12.9. The van der Waals surface area contributed by atoms with Crippen molar-refractivity contribution in [3.8, 4) is 0 Å². The van der Waals surface area contributed by atoms with Gasteiger partial charge < -0.3 is 58.9 Å². The van der Waals surface area contributed by atoms with Crippen LogP contribution in [-0.4, -0.2) is 150 Å². The minimum atomic E-state index is -1.00. The van der Waals surface area contributed by atoms with Crippen LogP contribution in [0.25, 0.3) is 0 Å². The molecule has 0 aromatic heterocycles. The smallest absolute Gasteiger partial charge is 0.403 e. The van der Waals surface area contributed by atoms with Gasteiger partial charge in [0.25, 0.3) is 11.8 Å². The van der Waals surface area contributed by atoms with E-state index in [9.17, 15) is 24.0 Å². The van der Waals surface area contributed by atoms with E-state index in [2.05, 4.69) is 121 Å². The van der Waals surface area contributed by atoms with Gasteiger partial charge in [0.2, 0.25) is 0 Å². The SMILES string of the molecule is C.C.CC(C)COC(=O)Cl.CC1(C)CCC(C)(C)c2cc(NC(=O)c3ccc(C(=O)O)cc3)ccc21.CC1(C)CCC(C)(C)c2cc(NC(=O)c3ccc(C(=O)OCCOCCOCCOCCOCCOCCO)cc3)ccc21.CCN(CC)CC. The number of aliphatic hydroxyl groups excluding tert-OH is 1. The molecule has 0 unspecified atom stereocenters. The summed E-state index contributed by atoms with van der Waals surface area (Å²) in [5, 5.41) is 23.5. The number of benzene rings is 4. The number of carbonyl (C=O) groups excluding carboxylic acids is 4. The van der Waals surface area contributed by atoms with Crippen LogP contribution >= 0.6 is 11.6 Å². The van der Waals surface area contributed by atoms with Gasteiger partial charge in [-0.2, -0.15) is 0 Å². The maximum atomic E-state index is 12.9. The summed E-state index contributed by atoms with van der Waals surface area (Å²) in [6.45, 7) is 36.7. The molecule has 0 saturated carbocycles. The van der Waals surface area contributed by atoms with Gasteiger partial charge >= 0.3 is 17.4 Å². The van der Waals surface area contributed by atoms with Crippen LogP contribution in [0.5, 0.6) is 0 Å². The highest BCUT2D eigenvalue weighted by Gasteiger charge is 2.38. The zero-order valence-electron chi connectivity index (χ0n) is 52.9. The molecule has 0 saturated heterocycles. The molecule has 6 rings (SSSR count). The van der Waals surface area contributed by atoms with E-state index < -0.39 is 17.4 Å². The number of esters is 1. The molecule has 18 heteroatoms. The Morgan fingerprint density at radius 2 is 0.805 bits per heavy atom. The maximum Gasteiger partial charge on any atom is 0.403 e. The molecular weight excluding hydrogens is 1130 g/mol. The molecule has 0 fully saturated rings. The molecule has 17 nitrogen and oxygen atoms in total. The van der Waals surface area contributed by atoms with Gasteiger partial charge in [0.1, 0.15) is 6.61 Å². The van der Waals surface area contributed by atoms with Crippen LogP contribution in [0.1, 0.15) is 194 Å². The van der Waals surface area contributed by atoms with Crippen LogP contribution in [0.2, 0.25) is 0 Å². The van der Waals surface area contributed by atoms with Gasteiger partial charge in [-0.1, -0.05) is 117 Å². The Balaban J connectivity index is 0.000000736. The standard InChI is InChI=1S/C34H49NO9.C22H25NO3.C6H15N.C5H9ClO2.2CH4/c1-33(2)11-12-34(3,4)30-25-28(9-10-29(30)33)35-31(37)26-5-7-27(8-6-26)32(38)44-24-23-43-22-21-42-20-19-41-18-17-40-16-15-39-14-13-36;1-21(2)11-12-22(3,4)18-13-16(9-10-17(18)21)23-19(24)14-5-7-15(8-6-14)20(25)26;1-4-7(5-2)6-3;1-4(2)3-8-5(6)7;;/h5-10,25,36H,11-24H2,1-4H3,(H,35,37);5-10,13H,11-12H2,1-4H3,(H,23,24)(H,25,26);4-6H2,1-3H3;4H,3H2,1-2H3;2*1H4. The third kappa shape index (κ3) is 28.1. The summed E-state index contributed by atoms with van der Waals surface area (Å²) < 4.78 is 36.4. The molecule has 0 aliphatic heterocycles. The first-order valence-electron chi connectivity index (χ1n) is 29.8. The first-order chi connectivity index (χ1) is 40.2. The van der Waals surface area contributed by atoms with Crippen molar-refractivity contribution in [2.24, 2.45) is 5.92 Å². The van der Waals surface area contributed by atoms with Gasteiger partial charge in [-0.05, 0) is 168 Å². The second kappa shape index (κ2) is 40.0. The summed E-state index contributed by atoms with van der Waals surface area (Å²) in [5.41, 5.74) is 7.87. The number of anilines is 2. The number of hydrogen-bond acceptors (Lipinski definition) is 14.